The first-order valence-corrected chi connectivity index (χ1v) is 6.03. The Morgan fingerprint density at radius 2 is 2.00 bits per heavy atom. The van der Waals surface area contributed by atoms with Crippen molar-refractivity contribution in [3.05, 3.63) is 22.2 Å². The molecule has 0 atom stereocenters. The summed E-state index contributed by atoms with van der Waals surface area (Å²) in [6, 6.07) is 3.26. The highest BCUT2D eigenvalue weighted by molar-refractivity contribution is 7.80. The Bertz CT molecular complexity index is 426. The fourth-order valence-electron chi connectivity index (χ4n) is 1.13. The molecule has 17 heavy (non-hydrogen) atoms. The van der Waals surface area contributed by atoms with Crippen LogP contribution in [0.3, 0.4) is 0 Å². The molecule has 0 radical (unpaired) electrons. The molecule has 94 valence electrons. The zero-order valence-electron chi connectivity index (χ0n) is 9.38. The first-order chi connectivity index (χ1) is 7.93. The average Bonchev–Trinajstić information content (AvgIpc) is 2.24. The van der Waals surface area contributed by atoms with Crippen LogP contribution in [0.15, 0.2) is 12.1 Å². The highest BCUT2D eigenvalue weighted by Crippen LogP contribution is 2.34. The summed E-state index contributed by atoms with van der Waals surface area (Å²) in [4.78, 5) is 0. The Balaban J connectivity index is 2.96. The van der Waals surface area contributed by atoms with E-state index >= 15 is 0 Å². The van der Waals surface area contributed by atoms with Crippen LogP contribution in [-0.2, 0) is 0 Å². The lowest BCUT2D eigenvalue weighted by molar-refractivity contribution is 0.242. The maximum Gasteiger partial charge on any atom is 0.185 e. The van der Waals surface area contributed by atoms with Crippen LogP contribution in [0.4, 0.5) is 5.69 Å². The van der Waals surface area contributed by atoms with Crippen LogP contribution in [0, 0.1) is 0 Å². The van der Waals surface area contributed by atoms with Gasteiger partial charge in [-0.1, -0.05) is 23.2 Å². The van der Waals surface area contributed by atoms with Gasteiger partial charge in [-0.05, 0) is 32.1 Å². The first kappa shape index (κ1) is 14.3. The van der Waals surface area contributed by atoms with Crippen LogP contribution in [0.5, 0.6) is 5.75 Å². The molecule has 7 heteroatoms. The molecule has 0 bridgehead atoms. The minimum absolute atomic E-state index is 0.0224. The number of hydrogen-bond acceptors (Lipinski definition) is 3. The third kappa shape index (κ3) is 4.20. The van der Waals surface area contributed by atoms with E-state index in [-0.39, 0.29) is 11.2 Å². The third-order valence-electron chi connectivity index (χ3n) is 1.76. The van der Waals surface area contributed by atoms with Gasteiger partial charge >= 0.3 is 0 Å². The number of hydrogen-bond donors (Lipinski definition) is 3. The third-order valence-corrected chi connectivity index (χ3v) is 2.59. The van der Waals surface area contributed by atoms with Crippen LogP contribution in [0.2, 0.25) is 10.0 Å². The molecule has 0 unspecified atom stereocenters. The maximum atomic E-state index is 6.06. The minimum atomic E-state index is 0.0224. The summed E-state index contributed by atoms with van der Waals surface area (Å²) in [7, 11) is 0. The summed E-state index contributed by atoms with van der Waals surface area (Å²) in [5, 5.41) is 3.95. The predicted octanol–water partition coefficient (Wildman–Crippen LogP) is 2.94. The molecule has 0 aromatic heterocycles. The van der Waals surface area contributed by atoms with Gasteiger partial charge in [0.15, 0.2) is 5.11 Å². The van der Waals surface area contributed by atoms with Crippen molar-refractivity contribution in [1.29, 1.82) is 0 Å². The summed E-state index contributed by atoms with van der Waals surface area (Å²) in [6.45, 7) is 3.81. The number of rotatable bonds is 3. The minimum Gasteiger partial charge on any atom is -0.489 e. The summed E-state index contributed by atoms with van der Waals surface area (Å²) in [5.41, 5.74) is 2.86. The van der Waals surface area contributed by atoms with Gasteiger partial charge < -0.3 is 15.5 Å². The Labute approximate surface area is 115 Å². The van der Waals surface area contributed by atoms with Gasteiger partial charge in [0.1, 0.15) is 5.75 Å². The summed E-state index contributed by atoms with van der Waals surface area (Å²) in [6.07, 6.45) is 0.0224. The van der Waals surface area contributed by atoms with Crippen molar-refractivity contribution in [3.8, 4) is 5.75 Å². The quantitative estimate of drug-likeness (QED) is 0.454. The average molecular weight is 294 g/mol. The maximum absolute atomic E-state index is 6.06. The molecular weight excluding hydrogens is 281 g/mol. The van der Waals surface area contributed by atoms with Gasteiger partial charge in [-0.25, -0.2) is 5.84 Å². The molecule has 0 saturated heterocycles. The van der Waals surface area contributed by atoms with Crippen molar-refractivity contribution < 1.29 is 4.74 Å². The Morgan fingerprint density at radius 3 is 2.53 bits per heavy atom. The second kappa shape index (κ2) is 6.26. The first-order valence-electron chi connectivity index (χ1n) is 4.87. The molecule has 0 fully saturated rings. The SMILES string of the molecule is CC(C)Oc1cc(Cl)c(NC(=S)NN)cc1Cl. The number of nitrogens with one attached hydrogen (secondary N) is 2. The van der Waals surface area contributed by atoms with Crippen LogP contribution in [0.1, 0.15) is 13.8 Å². The lowest BCUT2D eigenvalue weighted by Crippen LogP contribution is -2.34. The molecule has 0 aliphatic heterocycles. The van der Waals surface area contributed by atoms with E-state index < -0.39 is 0 Å². The predicted molar refractivity (Wildman–Crippen MR) is 75.8 cm³/mol. The number of thiocarbonyl (C=S) groups is 1. The monoisotopic (exact) mass is 293 g/mol. The fourth-order valence-corrected chi connectivity index (χ4v) is 1.65. The Morgan fingerprint density at radius 1 is 1.35 bits per heavy atom. The molecule has 0 spiro atoms. The van der Waals surface area contributed by atoms with E-state index in [9.17, 15) is 0 Å². The normalized spacial score (nSPS) is 10.2. The van der Waals surface area contributed by atoms with Crippen molar-refractivity contribution in [2.24, 2.45) is 5.84 Å². The van der Waals surface area contributed by atoms with Crippen LogP contribution >= 0.6 is 35.4 Å². The van der Waals surface area contributed by atoms with Crippen molar-refractivity contribution in [2.75, 3.05) is 5.32 Å². The number of halogens is 2. The van der Waals surface area contributed by atoms with Gasteiger partial charge in [0.25, 0.3) is 0 Å². The van der Waals surface area contributed by atoms with E-state index in [0.717, 1.165) is 0 Å². The Kier molecular flexibility index (Phi) is 5.27. The highest BCUT2D eigenvalue weighted by atomic mass is 35.5. The zero-order valence-corrected chi connectivity index (χ0v) is 11.7. The van der Waals surface area contributed by atoms with Crippen LogP contribution in [0.25, 0.3) is 0 Å². The van der Waals surface area contributed by atoms with Crippen molar-refractivity contribution in [1.82, 2.24) is 5.43 Å². The molecule has 4 N–H and O–H groups in total. The van der Waals surface area contributed by atoms with E-state index in [1.165, 1.54) is 0 Å². The van der Waals surface area contributed by atoms with Crippen molar-refractivity contribution in [3.63, 3.8) is 0 Å². The molecule has 4 nitrogen and oxygen atoms in total. The number of anilines is 1. The van der Waals surface area contributed by atoms with E-state index in [2.05, 4.69) is 10.7 Å². The molecule has 0 saturated carbocycles. The molecular formula is C10H13Cl2N3OS. The van der Waals surface area contributed by atoms with E-state index in [4.69, 9.17) is 46.0 Å². The smallest absolute Gasteiger partial charge is 0.185 e. The van der Waals surface area contributed by atoms with Gasteiger partial charge in [-0.15, -0.1) is 0 Å². The second-order valence-electron chi connectivity index (χ2n) is 3.53. The molecule has 0 aliphatic rings. The number of nitrogens with two attached hydrogens (primary N) is 1. The van der Waals surface area contributed by atoms with Gasteiger partial charge in [-0.3, -0.25) is 0 Å². The lowest BCUT2D eigenvalue weighted by atomic mass is 10.3. The molecule has 1 rings (SSSR count). The largest absolute Gasteiger partial charge is 0.489 e. The van der Waals surface area contributed by atoms with Crippen LogP contribution in [-0.4, -0.2) is 11.2 Å². The number of hydrazine groups is 1. The molecule has 0 heterocycles. The van der Waals surface area contributed by atoms with E-state index in [1.54, 1.807) is 12.1 Å². The van der Waals surface area contributed by atoms with E-state index in [0.29, 0.717) is 21.5 Å². The second-order valence-corrected chi connectivity index (χ2v) is 4.75. The van der Waals surface area contributed by atoms with Crippen LogP contribution < -0.4 is 21.3 Å². The standard InChI is InChI=1S/C10H13Cl2N3OS/c1-5(2)16-9-4-6(11)8(3-7(9)12)14-10(17)15-13/h3-5H,13H2,1-2H3,(H2,14,15,17). The molecule has 0 amide bonds. The Hall–Kier alpha value is -0.750. The number of benzene rings is 1. The van der Waals surface area contributed by atoms with E-state index in [1.807, 2.05) is 13.8 Å². The topological polar surface area (TPSA) is 59.3 Å². The fraction of sp³-hybridized carbons (Fsp3) is 0.300. The van der Waals surface area contributed by atoms with Gasteiger partial charge in [-0.2, -0.15) is 0 Å². The zero-order chi connectivity index (χ0) is 13.0. The summed E-state index contributed by atoms with van der Waals surface area (Å²) < 4.78 is 5.49. The van der Waals surface area contributed by atoms with Gasteiger partial charge in [0.05, 0.1) is 21.8 Å². The van der Waals surface area contributed by atoms with Crippen molar-refractivity contribution >= 4 is 46.2 Å². The molecule has 0 aliphatic carbocycles. The van der Waals surface area contributed by atoms with Gasteiger partial charge in [0.2, 0.25) is 0 Å². The molecule has 1 aromatic carbocycles. The highest BCUT2D eigenvalue weighted by Gasteiger charge is 2.10. The van der Waals surface area contributed by atoms with Crippen molar-refractivity contribution in [2.45, 2.75) is 20.0 Å². The van der Waals surface area contributed by atoms with Gasteiger partial charge in [0, 0.05) is 6.07 Å². The molecule has 1 aromatic rings. The number of ether oxygens (including phenoxy) is 1. The summed E-state index contributed by atoms with van der Waals surface area (Å²) >= 11 is 17.0. The summed E-state index contributed by atoms with van der Waals surface area (Å²) in [5.74, 6) is 5.68. The lowest BCUT2D eigenvalue weighted by Gasteiger charge is -2.14.